The molecule has 2 heterocycles. The molecule has 3 aromatic rings. The van der Waals surface area contributed by atoms with Gasteiger partial charge in [0.15, 0.2) is 0 Å². The van der Waals surface area contributed by atoms with Gasteiger partial charge < -0.3 is 9.47 Å². The van der Waals surface area contributed by atoms with Gasteiger partial charge in [0, 0.05) is 11.6 Å². The molecule has 0 aliphatic carbocycles. The normalized spacial score (nSPS) is 20.7. The van der Waals surface area contributed by atoms with Crippen LogP contribution in [0.25, 0.3) is 11.1 Å². The second-order valence-corrected chi connectivity index (χ2v) is 10.7. The first kappa shape index (κ1) is 29.7. The van der Waals surface area contributed by atoms with Gasteiger partial charge >= 0.3 is 18.4 Å². The van der Waals surface area contributed by atoms with Crippen molar-refractivity contribution < 1.29 is 49.4 Å². The number of amides is 1. The third-order valence-electron chi connectivity index (χ3n) is 7.76. The lowest BCUT2D eigenvalue weighted by atomic mass is 9.89. The van der Waals surface area contributed by atoms with Crippen LogP contribution in [0.5, 0.6) is 5.75 Å². The summed E-state index contributed by atoms with van der Waals surface area (Å²) in [4.78, 5) is 14.3. The monoisotopic (exact) mass is 599 g/mol. The van der Waals surface area contributed by atoms with Crippen LogP contribution in [0.4, 0.5) is 39.9 Å². The van der Waals surface area contributed by atoms with E-state index in [4.69, 9.17) is 9.47 Å². The predicted molar refractivity (Wildman–Crippen MR) is 136 cm³/mol. The van der Waals surface area contributed by atoms with Crippen molar-refractivity contribution >= 4 is 6.09 Å². The summed E-state index contributed by atoms with van der Waals surface area (Å²) >= 11 is 0. The van der Waals surface area contributed by atoms with E-state index in [1.807, 2.05) is 0 Å². The van der Waals surface area contributed by atoms with Crippen LogP contribution in [0.1, 0.15) is 72.6 Å². The number of halogens is 8. The van der Waals surface area contributed by atoms with Crippen molar-refractivity contribution in [1.82, 2.24) is 4.90 Å². The van der Waals surface area contributed by atoms with Crippen LogP contribution in [-0.4, -0.2) is 24.1 Å². The first-order chi connectivity index (χ1) is 19.6. The van der Waals surface area contributed by atoms with E-state index < -0.39 is 59.4 Å². The van der Waals surface area contributed by atoms with Crippen molar-refractivity contribution in [1.29, 1.82) is 0 Å². The molecule has 0 spiro atoms. The van der Waals surface area contributed by atoms with E-state index in [2.05, 4.69) is 0 Å². The number of hydrogen-bond acceptors (Lipinski definition) is 3. The van der Waals surface area contributed by atoms with Gasteiger partial charge in [-0.05, 0) is 77.4 Å². The molecule has 0 saturated carbocycles. The Morgan fingerprint density at radius 2 is 1.57 bits per heavy atom. The van der Waals surface area contributed by atoms with Crippen LogP contribution in [0.2, 0.25) is 0 Å². The SMILES string of the molecule is COc1cc(F)c(C(C)C)cc1-c1ccc(C(F)(F)F)cc1[C@@H]1CCC2[C@@H](c3cc(F)cc(C(F)(F)F)c3)OC(=O)N21. The van der Waals surface area contributed by atoms with E-state index in [1.165, 1.54) is 24.1 Å². The van der Waals surface area contributed by atoms with Gasteiger partial charge in [0.1, 0.15) is 23.5 Å². The van der Waals surface area contributed by atoms with Gasteiger partial charge in [-0.25, -0.2) is 13.6 Å². The number of benzene rings is 3. The highest BCUT2D eigenvalue weighted by molar-refractivity contribution is 5.78. The Labute approximate surface area is 235 Å². The quantitative estimate of drug-likeness (QED) is 0.275. The molecule has 0 aromatic heterocycles. The third-order valence-corrected chi connectivity index (χ3v) is 7.76. The highest BCUT2D eigenvalue weighted by Crippen LogP contribution is 2.51. The maximum absolute atomic E-state index is 14.8. The van der Waals surface area contributed by atoms with Crippen molar-refractivity contribution in [3.63, 3.8) is 0 Å². The molecule has 2 saturated heterocycles. The fraction of sp³-hybridized carbons (Fsp3) is 0.367. The Bertz CT molecular complexity index is 1530. The summed E-state index contributed by atoms with van der Waals surface area (Å²) in [6.45, 7) is 3.50. The standard InChI is InChI=1S/C30H25F8NO3/c1-14(2)20-12-22(26(41-3)13-23(20)32)19-5-4-16(29(33,34)35)11-21(19)24-6-7-25-27(42-28(40)39(24)25)15-8-17(30(36,37)38)10-18(31)9-15/h4-5,8-14,24-25,27H,6-7H2,1-3H3/t24-,25?,27+/m0/s1. The molecule has 4 nitrogen and oxygen atoms in total. The van der Waals surface area contributed by atoms with Crippen molar-refractivity contribution in [2.24, 2.45) is 0 Å². The molecule has 2 aliphatic rings. The van der Waals surface area contributed by atoms with Crippen molar-refractivity contribution in [2.45, 2.75) is 63.1 Å². The maximum Gasteiger partial charge on any atom is 0.416 e. The summed E-state index contributed by atoms with van der Waals surface area (Å²) < 4.78 is 121. The topological polar surface area (TPSA) is 38.8 Å². The number of nitrogens with zero attached hydrogens (tertiary/aromatic N) is 1. The van der Waals surface area contributed by atoms with Gasteiger partial charge in [-0.3, -0.25) is 4.90 Å². The summed E-state index contributed by atoms with van der Waals surface area (Å²) in [6.07, 6.45) is -11.5. The molecular weight excluding hydrogens is 574 g/mol. The average Bonchev–Trinajstić information content (AvgIpc) is 3.48. The lowest BCUT2D eigenvalue weighted by molar-refractivity contribution is -0.138. The van der Waals surface area contributed by atoms with Gasteiger partial charge in [-0.1, -0.05) is 19.9 Å². The molecule has 0 bridgehead atoms. The average molecular weight is 600 g/mol. The number of methoxy groups -OCH3 is 1. The van der Waals surface area contributed by atoms with Crippen molar-refractivity contribution in [2.75, 3.05) is 7.11 Å². The Balaban J connectivity index is 1.62. The molecule has 12 heteroatoms. The van der Waals surface area contributed by atoms with E-state index in [0.29, 0.717) is 23.3 Å². The molecule has 2 aliphatic heterocycles. The minimum absolute atomic E-state index is 0.0637. The summed E-state index contributed by atoms with van der Waals surface area (Å²) in [6, 6.07) is 5.68. The minimum atomic E-state index is -4.85. The van der Waals surface area contributed by atoms with Gasteiger partial charge in [0.25, 0.3) is 0 Å². The first-order valence-electron chi connectivity index (χ1n) is 13.1. The van der Waals surface area contributed by atoms with E-state index in [1.54, 1.807) is 13.8 Å². The number of hydrogen-bond donors (Lipinski definition) is 0. The number of alkyl halides is 6. The molecule has 5 rings (SSSR count). The molecule has 2 fully saturated rings. The second kappa shape index (κ2) is 10.5. The van der Waals surface area contributed by atoms with Crippen LogP contribution >= 0.6 is 0 Å². The van der Waals surface area contributed by atoms with E-state index >= 15 is 0 Å². The molecular formula is C30H25F8NO3. The zero-order valence-electron chi connectivity index (χ0n) is 22.5. The van der Waals surface area contributed by atoms with E-state index in [-0.39, 0.29) is 41.2 Å². The molecule has 0 radical (unpaired) electrons. The highest BCUT2D eigenvalue weighted by Gasteiger charge is 2.51. The lowest BCUT2D eigenvalue weighted by Gasteiger charge is -2.26. The maximum atomic E-state index is 14.8. The lowest BCUT2D eigenvalue weighted by Crippen LogP contribution is -2.31. The summed E-state index contributed by atoms with van der Waals surface area (Å²) in [5, 5.41) is 0. The summed E-state index contributed by atoms with van der Waals surface area (Å²) in [5.74, 6) is -1.94. The van der Waals surface area contributed by atoms with E-state index in [0.717, 1.165) is 24.3 Å². The molecule has 42 heavy (non-hydrogen) atoms. The zero-order chi connectivity index (χ0) is 30.7. The Morgan fingerprint density at radius 1 is 0.881 bits per heavy atom. The number of rotatable bonds is 5. The fourth-order valence-electron chi connectivity index (χ4n) is 5.84. The molecule has 1 unspecified atom stereocenters. The molecule has 1 amide bonds. The summed E-state index contributed by atoms with van der Waals surface area (Å²) in [5.41, 5.74) is -1.51. The fourth-order valence-corrected chi connectivity index (χ4v) is 5.84. The van der Waals surface area contributed by atoms with Gasteiger partial charge in [0.2, 0.25) is 0 Å². The van der Waals surface area contributed by atoms with Gasteiger partial charge in [0.05, 0.1) is 30.3 Å². The minimum Gasteiger partial charge on any atom is -0.496 e. The number of cyclic esters (lactones) is 1. The number of ether oxygens (including phenoxy) is 2. The molecule has 0 N–H and O–H groups in total. The van der Waals surface area contributed by atoms with Crippen molar-refractivity contribution in [3.8, 4) is 16.9 Å². The Hall–Kier alpha value is -3.83. The Kier molecular flexibility index (Phi) is 7.39. The number of carbonyl (C=O) groups is 1. The largest absolute Gasteiger partial charge is 0.496 e. The first-order valence-corrected chi connectivity index (χ1v) is 13.1. The van der Waals surface area contributed by atoms with Crippen LogP contribution in [0.15, 0.2) is 48.5 Å². The number of fused-ring (bicyclic) bond motifs is 1. The zero-order valence-corrected chi connectivity index (χ0v) is 22.5. The van der Waals surface area contributed by atoms with Gasteiger partial charge in [-0.2, -0.15) is 26.3 Å². The second-order valence-electron chi connectivity index (χ2n) is 10.7. The van der Waals surface area contributed by atoms with Crippen LogP contribution in [0, 0.1) is 11.6 Å². The Morgan fingerprint density at radius 3 is 2.19 bits per heavy atom. The smallest absolute Gasteiger partial charge is 0.416 e. The van der Waals surface area contributed by atoms with Crippen LogP contribution in [0.3, 0.4) is 0 Å². The van der Waals surface area contributed by atoms with Crippen LogP contribution < -0.4 is 4.74 Å². The van der Waals surface area contributed by atoms with E-state index in [9.17, 15) is 39.9 Å². The van der Waals surface area contributed by atoms with Crippen LogP contribution in [-0.2, 0) is 17.1 Å². The predicted octanol–water partition coefficient (Wildman–Crippen LogP) is 9.20. The third kappa shape index (κ3) is 5.27. The van der Waals surface area contributed by atoms with Gasteiger partial charge in [-0.15, -0.1) is 0 Å². The number of carbonyl (C=O) groups excluding carboxylic acids is 1. The molecule has 3 atom stereocenters. The molecule has 224 valence electrons. The van der Waals surface area contributed by atoms with Crippen molar-refractivity contribution in [3.05, 3.63) is 88.0 Å². The summed E-state index contributed by atoms with van der Waals surface area (Å²) in [7, 11) is 1.29. The molecule has 3 aromatic carbocycles. The highest BCUT2D eigenvalue weighted by atomic mass is 19.4.